The van der Waals surface area contributed by atoms with Gasteiger partial charge in [0.05, 0.1) is 11.1 Å². The Morgan fingerprint density at radius 3 is 3.00 bits per heavy atom. The second-order valence-corrected chi connectivity index (χ2v) is 2.86. The summed E-state index contributed by atoms with van der Waals surface area (Å²) in [5.41, 5.74) is 1.07. The van der Waals surface area contributed by atoms with Crippen LogP contribution in [0.25, 0.3) is 5.52 Å². The van der Waals surface area contributed by atoms with Gasteiger partial charge in [-0.2, -0.15) is 0 Å². The number of hydrogen-bond donors (Lipinski definition) is 1. The molecule has 0 spiro atoms. The molecule has 66 valence electrons. The predicted octanol–water partition coefficient (Wildman–Crippen LogP) is 0.830. The highest BCUT2D eigenvalue weighted by Crippen LogP contribution is 2.07. The van der Waals surface area contributed by atoms with Crippen molar-refractivity contribution >= 4 is 11.3 Å². The normalized spacial score (nSPS) is 10.5. The summed E-state index contributed by atoms with van der Waals surface area (Å²) in [6, 6.07) is 2.88. The lowest BCUT2D eigenvalue weighted by Crippen LogP contribution is -2.00. The first-order valence-electron chi connectivity index (χ1n) is 3.89. The lowest BCUT2D eigenvalue weighted by atomic mass is 10.2. The van der Waals surface area contributed by atoms with E-state index in [1.807, 2.05) is 0 Å². The molecule has 0 aromatic carbocycles. The molecule has 13 heavy (non-hydrogen) atoms. The van der Waals surface area contributed by atoms with E-state index in [0.717, 1.165) is 0 Å². The topological polar surface area (TPSA) is 54.3 Å². The van der Waals surface area contributed by atoms with Gasteiger partial charge in [-0.05, 0) is 6.92 Å². The first kappa shape index (κ1) is 7.79. The van der Waals surface area contributed by atoms with Crippen LogP contribution in [0, 0.1) is 0 Å². The number of aromatic nitrogens is 2. The van der Waals surface area contributed by atoms with E-state index >= 15 is 0 Å². The SMILES string of the molecule is CC(=O)c1c[nH]n2ccc(=O)cc12. The van der Waals surface area contributed by atoms with Crippen molar-refractivity contribution in [3.05, 3.63) is 40.3 Å². The summed E-state index contributed by atoms with van der Waals surface area (Å²) in [5, 5.41) is 2.85. The molecule has 0 saturated heterocycles. The number of H-pyrrole nitrogens is 1. The third-order valence-corrected chi connectivity index (χ3v) is 1.93. The van der Waals surface area contributed by atoms with Gasteiger partial charge in [0.25, 0.3) is 0 Å². The largest absolute Gasteiger partial charge is 0.301 e. The molecule has 0 unspecified atom stereocenters. The van der Waals surface area contributed by atoms with E-state index in [2.05, 4.69) is 5.10 Å². The minimum atomic E-state index is -0.0953. The Kier molecular flexibility index (Phi) is 1.55. The quantitative estimate of drug-likeness (QED) is 0.654. The van der Waals surface area contributed by atoms with Crippen molar-refractivity contribution in [3.8, 4) is 0 Å². The number of carbonyl (C=O) groups excluding carboxylic acids is 1. The number of ketones is 1. The Hall–Kier alpha value is -1.84. The molecule has 2 aromatic heterocycles. The Bertz CT molecular complexity index is 522. The molecule has 4 heteroatoms. The summed E-state index contributed by atoms with van der Waals surface area (Å²) >= 11 is 0. The van der Waals surface area contributed by atoms with Crippen molar-refractivity contribution < 1.29 is 4.79 Å². The number of fused-ring (bicyclic) bond motifs is 1. The highest BCUT2D eigenvalue weighted by atomic mass is 16.1. The van der Waals surface area contributed by atoms with Gasteiger partial charge in [-0.3, -0.25) is 14.1 Å². The van der Waals surface area contributed by atoms with Crippen molar-refractivity contribution in [2.75, 3.05) is 0 Å². The van der Waals surface area contributed by atoms with Crippen LogP contribution in [0.4, 0.5) is 0 Å². The van der Waals surface area contributed by atoms with Crippen LogP contribution in [0.15, 0.2) is 29.3 Å². The van der Waals surface area contributed by atoms with Crippen LogP contribution < -0.4 is 5.43 Å². The van der Waals surface area contributed by atoms with Gasteiger partial charge in [-0.25, -0.2) is 0 Å². The number of Topliss-reactive ketones (excluding diaryl/α,β-unsaturated/α-hetero) is 1. The van der Waals surface area contributed by atoms with Crippen LogP contribution in [0.3, 0.4) is 0 Å². The monoisotopic (exact) mass is 176 g/mol. The fourth-order valence-corrected chi connectivity index (χ4v) is 1.29. The van der Waals surface area contributed by atoms with E-state index in [-0.39, 0.29) is 11.2 Å². The summed E-state index contributed by atoms with van der Waals surface area (Å²) in [6.07, 6.45) is 3.20. The standard InChI is InChI=1S/C9H8N2O2/c1-6(12)8-5-10-11-3-2-7(13)4-9(8)11/h2-5,10H,1H3. The van der Waals surface area contributed by atoms with E-state index < -0.39 is 0 Å². The zero-order valence-corrected chi connectivity index (χ0v) is 7.07. The number of nitrogens with one attached hydrogen (secondary N) is 1. The number of aromatic amines is 1. The molecule has 0 aliphatic heterocycles. The molecule has 2 rings (SSSR count). The lowest BCUT2D eigenvalue weighted by Gasteiger charge is -1.92. The van der Waals surface area contributed by atoms with Crippen LogP contribution in [-0.4, -0.2) is 15.4 Å². The molecule has 0 saturated carbocycles. The Morgan fingerprint density at radius 1 is 1.54 bits per heavy atom. The van der Waals surface area contributed by atoms with Crippen molar-refractivity contribution in [3.63, 3.8) is 0 Å². The second-order valence-electron chi connectivity index (χ2n) is 2.86. The molecule has 0 atom stereocenters. The number of pyridine rings is 1. The van der Waals surface area contributed by atoms with Crippen LogP contribution >= 0.6 is 0 Å². The van der Waals surface area contributed by atoms with E-state index in [1.165, 1.54) is 19.1 Å². The van der Waals surface area contributed by atoms with Gasteiger partial charge < -0.3 is 5.10 Å². The summed E-state index contributed by atoms with van der Waals surface area (Å²) in [5.74, 6) is -0.0515. The van der Waals surface area contributed by atoms with E-state index in [0.29, 0.717) is 11.1 Å². The molecule has 0 fully saturated rings. The third kappa shape index (κ3) is 1.16. The van der Waals surface area contributed by atoms with Crippen LogP contribution in [-0.2, 0) is 0 Å². The average Bonchev–Trinajstić information content (AvgIpc) is 2.46. The molecule has 0 aliphatic carbocycles. The number of rotatable bonds is 1. The summed E-state index contributed by atoms with van der Waals surface area (Å²) in [7, 11) is 0. The van der Waals surface area contributed by atoms with Crippen LogP contribution in [0.2, 0.25) is 0 Å². The molecule has 0 aliphatic rings. The van der Waals surface area contributed by atoms with Gasteiger partial charge in [0, 0.05) is 24.5 Å². The fraction of sp³-hybridized carbons (Fsp3) is 0.111. The van der Waals surface area contributed by atoms with Crippen LogP contribution in [0.5, 0.6) is 0 Å². The maximum Gasteiger partial charge on any atom is 0.182 e. The molecule has 4 nitrogen and oxygen atoms in total. The van der Waals surface area contributed by atoms with Gasteiger partial charge >= 0.3 is 0 Å². The molecule has 2 aromatic rings. The van der Waals surface area contributed by atoms with E-state index in [1.54, 1.807) is 16.9 Å². The average molecular weight is 176 g/mol. The van der Waals surface area contributed by atoms with E-state index in [9.17, 15) is 9.59 Å². The van der Waals surface area contributed by atoms with Gasteiger partial charge in [-0.1, -0.05) is 0 Å². The van der Waals surface area contributed by atoms with Gasteiger partial charge in [0.1, 0.15) is 0 Å². The van der Waals surface area contributed by atoms with Crippen molar-refractivity contribution in [1.82, 2.24) is 9.61 Å². The lowest BCUT2D eigenvalue weighted by molar-refractivity contribution is 0.101. The molecular weight excluding hydrogens is 168 g/mol. The zero-order chi connectivity index (χ0) is 9.42. The molecule has 0 radical (unpaired) electrons. The maximum atomic E-state index is 11.1. The highest BCUT2D eigenvalue weighted by Gasteiger charge is 2.06. The first-order valence-corrected chi connectivity index (χ1v) is 3.89. The maximum absolute atomic E-state index is 11.1. The highest BCUT2D eigenvalue weighted by molar-refractivity contribution is 6.00. The van der Waals surface area contributed by atoms with E-state index in [4.69, 9.17) is 0 Å². The second kappa shape index (κ2) is 2.58. The summed E-state index contributed by atoms with van der Waals surface area (Å²) in [6.45, 7) is 1.47. The van der Waals surface area contributed by atoms with Crippen molar-refractivity contribution in [1.29, 1.82) is 0 Å². The minimum Gasteiger partial charge on any atom is -0.301 e. The summed E-state index contributed by atoms with van der Waals surface area (Å²) < 4.78 is 1.64. The number of nitrogens with zero attached hydrogens (tertiary/aromatic N) is 1. The fourth-order valence-electron chi connectivity index (χ4n) is 1.29. The Labute approximate surface area is 73.8 Å². The molecule has 0 bridgehead atoms. The molecular formula is C9H8N2O2. The van der Waals surface area contributed by atoms with Gasteiger partial charge in [0.15, 0.2) is 11.2 Å². The van der Waals surface area contributed by atoms with Crippen molar-refractivity contribution in [2.24, 2.45) is 0 Å². The predicted molar refractivity (Wildman–Crippen MR) is 48.0 cm³/mol. The molecule has 0 amide bonds. The Balaban J connectivity index is 2.86. The Morgan fingerprint density at radius 2 is 2.31 bits per heavy atom. The number of carbonyl (C=O) groups is 1. The first-order chi connectivity index (χ1) is 6.18. The van der Waals surface area contributed by atoms with Crippen LogP contribution in [0.1, 0.15) is 17.3 Å². The summed E-state index contributed by atoms with van der Waals surface area (Å²) in [4.78, 5) is 22.1. The molecule has 1 N–H and O–H groups in total. The van der Waals surface area contributed by atoms with Gasteiger partial charge in [-0.15, -0.1) is 0 Å². The third-order valence-electron chi connectivity index (χ3n) is 1.93. The smallest absolute Gasteiger partial charge is 0.182 e. The van der Waals surface area contributed by atoms with Gasteiger partial charge in [0.2, 0.25) is 0 Å². The minimum absolute atomic E-state index is 0.0515. The molecule has 2 heterocycles. The zero-order valence-electron chi connectivity index (χ0n) is 7.07. The number of hydrogen-bond acceptors (Lipinski definition) is 2. The van der Waals surface area contributed by atoms with Crippen molar-refractivity contribution in [2.45, 2.75) is 6.92 Å².